The van der Waals surface area contributed by atoms with Crippen LogP contribution in [0.25, 0.3) is 11.3 Å². The summed E-state index contributed by atoms with van der Waals surface area (Å²) in [5.41, 5.74) is 1.07. The van der Waals surface area contributed by atoms with Gasteiger partial charge in [0.05, 0.1) is 11.3 Å². The number of nitrogens with zero attached hydrogens (tertiary/aromatic N) is 1. The monoisotopic (exact) mass is 249 g/mol. The normalized spacial score (nSPS) is 10.2. The molecule has 0 aliphatic carbocycles. The molecular weight excluding hydrogens is 242 g/mol. The van der Waals surface area contributed by atoms with E-state index in [4.69, 9.17) is 16.7 Å². The minimum Gasteiger partial charge on any atom is -0.508 e. The first-order chi connectivity index (χ1) is 8.06. The second-order valence-electron chi connectivity index (χ2n) is 3.42. The Morgan fingerprint density at radius 1 is 1.24 bits per heavy atom. The van der Waals surface area contributed by atoms with Crippen molar-refractivity contribution in [3.8, 4) is 17.0 Å². The first kappa shape index (κ1) is 11.4. The minimum absolute atomic E-state index is 0.0587. The number of halogens is 1. The minimum atomic E-state index is -1.07. The van der Waals surface area contributed by atoms with Crippen LogP contribution < -0.4 is 0 Å². The van der Waals surface area contributed by atoms with Crippen molar-refractivity contribution < 1.29 is 15.0 Å². The molecule has 2 rings (SSSR count). The van der Waals surface area contributed by atoms with Gasteiger partial charge in [-0.05, 0) is 24.3 Å². The molecule has 0 saturated heterocycles. The number of carbonyl (C=O) groups is 1. The molecule has 0 bridgehead atoms. The number of carboxylic acid groups (broad SMARTS) is 1. The number of carboxylic acids is 1. The zero-order valence-corrected chi connectivity index (χ0v) is 9.35. The van der Waals surface area contributed by atoms with Gasteiger partial charge < -0.3 is 10.2 Å². The van der Waals surface area contributed by atoms with E-state index in [0.717, 1.165) is 0 Å². The molecule has 1 heterocycles. The Morgan fingerprint density at radius 2 is 2.00 bits per heavy atom. The SMILES string of the molecule is O=C(O)c1cc(Cl)nc(-c2cccc(O)c2)c1. The van der Waals surface area contributed by atoms with E-state index in [1.165, 1.54) is 24.3 Å². The first-order valence-corrected chi connectivity index (χ1v) is 5.14. The Bertz CT molecular complexity index is 584. The highest BCUT2D eigenvalue weighted by molar-refractivity contribution is 6.29. The molecule has 2 N–H and O–H groups in total. The van der Waals surface area contributed by atoms with Gasteiger partial charge in [0.1, 0.15) is 10.9 Å². The highest BCUT2D eigenvalue weighted by atomic mass is 35.5. The quantitative estimate of drug-likeness (QED) is 0.803. The Kier molecular flexibility index (Phi) is 2.97. The maximum atomic E-state index is 10.9. The van der Waals surface area contributed by atoms with Crippen LogP contribution in [0.4, 0.5) is 0 Å². The van der Waals surface area contributed by atoms with Crippen molar-refractivity contribution in [2.24, 2.45) is 0 Å². The van der Waals surface area contributed by atoms with Crippen LogP contribution in [-0.2, 0) is 0 Å². The number of aromatic nitrogens is 1. The topological polar surface area (TPSA) is 70.4 Å². The summed E-state index contributed by atoms with van der Waals surface area (Å²) in [6.07, 6.45) is 0. The van der Waals surface area contributed by atoms with Crippen molar-refractivity contribution in [2.75, 3.05) is 0 Å². The van der Waals surface area contributed by atoms with Crippen LogP contribution in [0.3, 0.4) is 0 Å². The average molecular weight is 250 g/mol. The lowest BCUT2D eigenvalue weighted by Gasteiger charge is -2.04. The van der Waals surface area contributed by atoms with Gasteiger partial charge in [0.25, 0.3) is 0 Å². The summed E-state index contributed by atoms with van der Waals surface area (Å²) >= 11 is 5.75. The van der Waals surface area contributed by atoms with Gasteiger partial charge in [-0.25, -0.2) is 9.78 Å². The number of pyridine rings is 1. The van der Waals surface area contributed by atoms with E-state index in [9.17, 15) is 9.90 Å². The Balaban J connectivity index is 2.56. The summed E-state index contributed by atoms with van der Waals surface area (Å²) in [5.74, 6) is -0.989. The summed E-state index contributed by atoms with van der Waals surface area (Å²) in [6.45, 7) is 0. The molecule has 86 valence electrons. The standard InChI is InChI=1S/C12H8ClNO3/c13-11-6-8(12(16)17)5-10(14-11)7-2-1-3-9(15)4-7/h1-6,15H,(H,16,17). The number of hydrogen-bond acceptors (Lipinski definition) is 3. The van der Waals surface area contributed by atoms with E-state index in [1.807, 2.05) is 0 Å². The third-order valence-electron chi connectivity index (χ3n) is 2.18. The molecule has 0 saturated carbocycles. The van der Waals surface area contributed by atoms with Gasteiger partial charge in [0.2, 0.25) is 0 Å². The molecule has 1 aromatic carbocycles. The number of phenols is 1. The number of aromatic hydroxyl groups is 1. The van der Waals surface area contributed by atoms with E-state index in [1.54, 1.807) is 12.1 Å². The molecule has 5 heteroatoms. The number of phenolic OH excluding ortho intramolecular Hbond substituents is 1. The van der Waals surface area contributed by atoms with Gasteiger partial charge in [-0.15, -0.1) is 0 Å². The van der Waals surface area contributed by atoms with Crippen LogP contribution in [-0.4, -0.2) is 21.2 Å². The predicted octanol–water partition coefficient (Wildman–Crippen LogP) is 2.81. The van der Waals surface area contributed by atoms with E-state index in [-0.39, 0.29) is 16.5 Å². The Hall–Kier alpha value is -2.07. The summed E-state index contributed by atoms with van der Waals surface area (Å²) in [4.78, 5) is 14.9. The van der Waals surface area contributed by atoms with Crippen molar-refractivity contribution >= 4 is 17.6 Å². The maximum Gasteiger partial charge on any atom is 0.335 e. The Morgan fingerprint density at radius 3 is 2.65 bits per heavy atom. The molecule has 4 nitrogen and oxygen atoms in total. The first-order valence-electron chi connectivity index (χ1n) is 4.76. The lowest BCUT2D eigenvalue weighted by Crippen LogP contribution is -1.98. The largest absolute Gasteiger partial charge is 0.508 e. The van der Waals surface area contributed by atoms with Gasteiger partial charge in [0.15, 0.2) is 0 Å². The smallest absolute Gasteiger partial charge is 0.335 e. The van der Waals surface area contributed by atoms with Gasteiger partial charge in [0, 0.05) is 5.56 Å². The third-order valence-corrected chi connectivity index (χ3v) is 2.38. The predicted molar refractivity (Wildman–Crippen MR) is 63.3 cm³/mol. The molecule has 17 heavy (non-hydrogen) atoms. The van der Waals surface area contributed by atoms with Crippen LogP contribution in [0.15, 0.2) is 36.4 Å². The maximum absolute atomic E-state index is 10.9. The van der Waals surface area contributed by atoms with Gasteiger partial charge >= 0.3 is 5.97 Å². The average Bonchev–Trinajstić information content (AvgIpc) is 2.28. The van der Waals surface area contributed by atoms with Crippen LogP contribution in [0.1, 0.15) is 10.4 Å². The molecule has 0 aliphatic rings. The van der Waals surface area contributed by atoms with E-state index < -0.39 is 5.97 Å². The molecule has 0 fully saturated rings. The molecule has 0 aliphatic heterocycles. The lowest BCUT2D eigenvalue weighted by atomic mass is 10.1. The van der Waals surface area contributed by atoms with Crippen molar-refractivity contribution in [3.63, 3.8) is 0 Å². The zero-order chi connectivity index (χ0) is 12.4. The molecule has 0 spiro atoms. The van der Waals surface area contributed by atoms with E-state index >= 15 is 0 Å². The summed E-state index contributed by atoms with van der Waals surface area (Å²) in [6, 6.07) is 9.05. The number of rotatable bonds is 2. The Labute approximate surface area is 102 Å². The molecule has 1 aromatic heterocycles. The fraction of sp³-hybridized carbons (Fsp3) is 0. The zero-order valence-electron chi connectivity index (χ0n) is 8.59. The lowest BCUT2D eigenvalue weighted by molar-refractivity contribution is 0.0697. The second-order valence-corrected chi connectivity index (χ2v) is 3.81. The van der Waals surface area contributed by atoms with Crippen molar-refractivity contribution in [3.05, 3.63) is 47.1 Å². The molecule has 0 atom stereocenters. The van der Waals surface area contributed by atoms with Crippen LogP contribution >= 0.6 is 11.6 Å². The molecule has 2 aromatic rings. The number of aromatic carboxylic acids is 1. The fourth-order valence-corrected chi connectivity index (χ4v) is 1.64. The second kappa shape index (κ2) is 4.43. The van der Waals surface area contributed by atoms with Crippen molar-refractivity contribution in [1.29, 1.82) is 0 Å². The summed E-state index contributed by atoms with van der Waals surface area (Å²) in [5, 5.41) is 18.3. The van der Waals surface area contributed by atoms with Crippen LogP contribution in [0.5, 0.6) is 5.75 Å². The number of benzene rings is 1. The molecule has 0 amide bonds. The van der Waals surface area contributed by atoms with Gasteiger partial charge in [-0.2, -0.15) is 0 Å². The highest BCUT2D eigenvalue weighted by Crippen LogP contribution is 2.24. The van der Waals surface area contributed by atoms with Crippen LogP contribution in [0, 0.1) is 0 Å². The number of hydrogen-bond donors (Lipinski definition) is 2. The van der Waals surface area contributed by atoms with Gasteiger partial charge in [-0.3, -0.25) is 0 Å². The van der Waals surface area contributed by atoms with Gasteiger partial charge in [-0.1, -0.05) is 23.7 Å². The van der Waals surface area contributed by atoms with Crippen molar-refractivity contribution in [2.45, 2.75) is 0 Å². The molecule has 0 unspecified atom stereocenters. The molecular formula is C12H8ClNO3. The van der Waals surface area contributed by atoms with E-state index in [0.29, 0.717) is 11.3 Å². The van der Waals surface area contributed by atoms with Crippen molar-refractivity contribution in [1.82, 2.24) is 4.98 Å². The van der Waals surface area contributed by atoms with Crippen LogP contribution in [0.2, 0.25) is 5.15 Å². The summed E-state index contributed by atoms with van der Waals surface area (Å²) < 4.78 is 0. The molecule has 0 radical (unpaired) electrons. The fourth-order valence-electron chi connectivity index (χ4n) is 1.43. The van der Waals surface area contributed by atoms with E-state index in [2.05, 4.69) is 4.98 Å². The third kappa shape index (κ3) is 2.54. The highest BCUT2D eigenvalue weighted by Gasteiger charge is 2.09. The summed E-state index contributed by atoms with van der Waals surface area (Å²) in [7, 11) is 0.